The van der Waals surface area contributed by atoms with Crippen molar-refractivity contribution in [2.75, 3.05) is 20.2 Å². The lowest BCUT2D eigenvalue weighted by Gasteiger charge is -2.19. The van der Waals surface area contributed by atoms with Crippen molar-refractivity contribution >= 4 is 21.9 Å². The molecule has 2 heterocycles. The van der Waals surface area contributed by atoms with Crippen molar-refractivity contribution in [1.29, 1.82) is 0 Å². The molecule has 9 nitrogen and oxygen atoms in total. The van der Waals surface area contributed by atoms with Gasteiger partial charge in [0.15, 0.2) is 5.69 Å². The zero-order chi connectivity index (χ0) is 21.0. The van der Waals surface area contributed by atoms with Crippen LogP contribution in [0.3, 0.4) is 0 Å². The van der Waals surface area contributed by atoms with Crippen LogP contribution in [0.15, 0.2) is 35.5 Å². The van der Waals surface area contributed by atoms with E-state index < -0.39 is 22.5 Å². The number of carbonyl (C=O) groups excluding carboxylic acids is 2. The molecule has 29 heavy (non-hydrogen) atoms. The number of rotatable bonds is 7. The summed E-state index contributed by atoms with van der Waals surface area (Å²) >= 11 is 0. The summed E-state index contributed by atoms with van der Waals surface area (Å²) < 4.78 is 33.5. The summed E-state index contributed by atoms with van der Waals surface area (Å²) in [5.41, 5.74) is 0.922. The molecular weight excluding hydrogens is 396 g/mol. The Labute approximate surface area is 169 Å². The van der Waals surface area contributed by atoms with Crippen LogP contribution in [0.1, 0.15) is 42.4 Å². The number of hydrogen-bond donors (Lipinski definition) is 1. The number of nitrogens with zero attached hydrogens (tertiary/aromatic N) is 3. The van der Waals surface area contributed by atoms with E-state index in [0.717, 1.165) is 23.6 Å². The fraction of sp³-hybridized carbons (Fsp3) is 0.421. The molecule has 1 aromatic carbocycles. The molecule has 156 valence electrons. The van der Waals surface area contributed by atoms with Gasteiger partial charge in [0.05, 0.1) is 25.0 Å². The van der Waals surface area contributed by atoms with Gasteiger partial charge in [-0.25, -0.2) is 13.4 Å². The highest BCUT2D eigenvalue weighted by atomic mass is 32.2. The summed E-state index contributed by atoms with van der Waals surface area (Å²) in [6.45, 7) is 1.95. The highest BCUT2D eigenvalue weighted by Crippen LogP contribution is 2.31. The van der Waals surface area contributed by atoms with Gasteiger partial charge in [-0.05, 0) is 18.6 Å². The number of para-hydroxylation sites is 1. The first-order valence-corrected chi connectivity index (χ1v) is 10.8. The van der Waals surface area contributed by atoms with Gasteiger partial charge in [0.1, 0.15) is 17.8 Å². The van der Waals surface area contributed by atoms with Crippen molar-refractivity contribution in [2.45, 2.75) is 37.6 Å². The Morgan fingerprint density at radius 1 is 1.24 bits per heavy atom. The number of unbranched alkanes of at least 4 members (excludes halogenated alkanes) is 2. The zero-order valence-corrected chi connectivity index (χ0v) is 17.2. The summed E-state index contributed by atoms with van der Waals surface area (Å²) in [5.74, 6) is -1.06. The molecule has 0 aliphatic carbocycles. The summed E-state index contributed by atoms with van der Waals surface area (Å²) in [5, 5.41) is 2.83. The fourth-order valence-electron chi connectivity index (χ4n) is 3.20. The van der Waals surface area contributed by atoms with Crippen LogP contribution in [0.25, 0.3) is 5.69 Å². The number of nitrogens with one attached hydrogen (secondary N) is 1. The Morgan fingerprint density at radius 3 is 2.72 bits per heavy atom. The number of methoxy groups -OCH3 is 1. The first-order valence-electron chi connectivity index (χ1n) is 9.41. The lowest BCUT2D eigenvalue weighted by atomic mass is 10.2. The van der Waals surface area contributed by atoms with Crippen LogP contribution in [-0.2, 0) is 26.1 Å². The number of benzene rings is 1. The van der Waals surface area contributed by atoms with E-state index >= 15 is 0 Å². The van der Waals surface area contributed by atoms with Crippen LogP contribution in [0, 0.1) is 0 Å². The Morgan fingerprint density at radius 2 is 2.00 bits per heavy atom. The summed E-state index contributed by atoms with van der Waals surface area (Å²) in [7, 11) is -2.78. The van der Waals surface area contributed by atoms with Crippen molar-refractivity contribution < 1.29 is 22.7 Å². The number of amides is 1. The number of imidazole rings is 1. The van der Waals surface area contributed by atoms with Crippen molar-refractivity contribution in [3.63, 3.8) is 0 Å². The second-order valence-electron chi connectivity index (χ2n) is 6.69. The highest BCUT2D eigenvalue weighted by Gasteiger charge is 2.36. The first kappa shape index (κ1) is 21.0. The molecule has 1 aromatic heterocycles. The maximum Gasteiger partial charge on any atom is 0.321 e. The van der Waals surface area contributed by atoms with Crippen molar-refractivity contribution in [1.82, 2.24) is 19.2 Å². The van der Waals surface area contributed by atoms with Crippen LogP contribution in [0.4, 0.5) is 0 Å². The molecule has 1 amide bonds. The molecule has 1 N–H and O–H groups in total. The number of aromatic nitrogens is 2. The minimum Gasteiger partial charge on any atom is -0.468 e. The van der Waals surface area contributed by atoms with Crippen LogP contribution < -0.4 is 5.32 Å². The lowest BCUT2D eigenvalue weighted by Crippen LogP contribution is -2.36. The van der Waals surface area contributed by atoms with Crippen molar-refractivity contribution in [3.05, 3.63) is 42.0 Å². The van der Waals surface area contributed by atoms with Crippen molar-refractivity contribution in [3.8, 4) is 5.69 Å². The van der Waals surface area contributed by atoms with E-state index in [1.54, 1.807) is 22.8 Å². The van der Waals surface area contributed by atoms with Crippen LogP contribution >= 0.6 is 0 Å². The van der Waals surface area contributed by atoms with Gasteiger partial charge < -0.3 is 10.1 Å². The highest BCUT2D eigenvalue weighted by molar-refractivity contribution is 7.89. The molecule has 0 spiro atoms. The Bertz CT molecular complexity index is 1020. The SMILES string of the molecule is CCCCCNC(=O)c1ncn2c1CN(CC(=O)OC)S(=O)(=O)c1ccccc1-2. The Hall–Kier alpha value is -2.72. The van der Waals surface area contributed by atoms with E-state index in [-0.39, 0.29) is 23.0 Å². The predicted molar refractivity (Wildman–Crippen MR) is 105 cm³/mol. The topological polar surface area (TPSA) is 111 Å². The number of carbonyl (C=O) groups is 2. The number of sulfonamides is 1. The van der Waals surface area contributed by atoms with Gasteiger partial charge in [0.2, 0.25) is 10.0 Å². The van der Waals surface area contributed by atoms with Gasteiger partial charge in [0.25, 0.3) is 5.91 Å². The molecule has 0 radical (unpaired) electrons. The molecular formula is C19H24N4O5S. The first-order chi connectivity index (χ1) is 13.9. The normalized spacial score (nSPS) is 15.1. The molecule has 3 rings (SSSR count). The third-order valence-corrected chi connectivity index (χ3v) is 6.59. The van der Waals surface area contributed by atoms with Gasteiger partial charge in [-0.2, -0.15) is 4.31 Å². The summed E-state index contributed by atoms with van der Waals surface area (Å²) in [4.78, 5) is 28.8. The standard InChI is InChI=1S/C19H24N4O5S/c1-3-4-7-10-20-19(25)18-15-11-22(12-17(24)28-2)29(26,27)16-9-6-5-8-14(16)23(15)13-21-18/h5-6,8-9,13H,3-4,7,10-12H2,1-2H3,(H,20,25). The number of fused-ring (bicyclic) bond motifs is 3. The largest absolute Gasteiger partial charge is 0.468 e. The van der Waals surface area contributed by atoms with Gasteiger partial charge in [-0.3, -0.25) is 14.2 Å². The number of ether oxygens (including phenoxy) is 1. The molecule has 1 aliphatic heterocycles. The summed E-state index contributed by atoms with van der Waals surface area (Å²) in [6, 6.07) is 6.42. The molecule has 2 aromatic rings. The number of hydrogen-bond acceptors (Lipinski definition) is 6. The molecule has 1 aliphatic rings. The zero-order valence-electron chi connectivity index (χ0n) is 16.4. The molecule has 0 atom stereocenters. The molecule has 0 saturated heterocycles. The average molecular weight is 420 g/mol. The molecule has 0 unspecified atom stereocenters. The minimum atomic E-state index is -3.98. The van der Waals surface area contributed by atoms with E-state index in [2.05, 4.69) is 22.0 Å². The Kier molecular flexibility index (Phi) is 6.33. The van der Waals surface area contributed by atoms with Crippen LogP contribution in [-0.4, -0.2) is 54.3 Å². The molecule has 0 fully saturated rings. The van der Waals surface area contributed by atoms with Crippen LogP contribution in [0.5, 0.6) is 0 Å². The predicted octanol–water partition coefficient (Wildman–Crippen LogP) is 1.47. The van der Waals surface area contributed by atoms with Gasteiger partial charge in [0, 0.05) is 6.54 Å². The maximum atomic E-state index is 13.2. The van der Waals surface area contributed by atoms with Gasteiger partial charge in [-0.15, -0.1) is 0 Å². The molecule has 0 saturated carbocycles. The maximum absolute atomic E-state index is 13.2. The minimum absolute atomic E-state index is 0.0370. The number of esters is 1. The quantitative estimate of drug-likeness (QED) is 0.536. The van der Waals surface area contributed by atoms with E-state index in [4.69, 9.17) is 0 Å². The van der Waals surface area contributed by atoms with Gasteiger partial charge >= 0.3 is 5.97 Å². The second kappa shape index (κ2) is 8.75. The second-order valence-corrected chi connectivity index (χ2v) is 8.60. The van der Waals surface area contributed by atoms with E-state index in [1.165, 1.54) is 19.5 Å². The third-order valence-electron chi connectivity index (χ3n) is 4.75. The van der Waals surface area contributed by atoms with E-state index in [9.17, 15) is 18.0 Å². The van der Waals surface area contributed by atoms with E-state index in [0.29, 0.717) is 17.9 Å². The fourth-order valence-corrected chi connectivity index (χ4v) is 4.72. The Balaban J connectivity index is 2.03. The molecule has 0 bridgehead atoms. The van der Waals surface area contributed by atoms with E-state index in [1.807, 2.05) is 0 Å². The monoisotopic (exact) mass is 420 g/mol. The summed E-state index contributed by atoms with van der Waals surface area (Å²) in [6.07, 6.45) is 4.32. The van der Waals surface area contributed by atoms with Crippen LogP contribution in [0.2, 0.25) is 0 Å². The third kappa shape index (κ3) is 4.18. The smallest absolute Gasteiger partial charge is 0.321 e. The lowest BCUT2D eigenvalue weighted by molar-refractivity contribution is -0.140. The van der Waals surface area contributed by atoms with Crippen molar-refractivity contribution in [2.24, 2.45) is 0 Å². The molecule has 10 heteroatoms. The van der Waals surface area contributed by atoms with Gasteiger partial charge in [-0.1, -0.05) is 31.9 Å². The average Bonchev–Trinajstić information content (AvgIpc) is 3.10.